The molecule has 1 N–H and O–H groups in total. The zero-order valence-corrected chi connectivity index (χ0v) is 18.4. The van der Waals surface area contributed by atoms with Crippen molar-refractivity contribution in [3.63, 3.8) is 0 Å². The van der Waals surface area contributed by atoms with Crippen molar-refractivity contribution in [2.75, 3.05) is 5.75 Å². The molecule has 0 aliphatic rings. The minimum absolute atomic E-state index is 0.0114. The van der Waals surface area contributed by atoms with Crippen LogP contribution in [0.3, 0.4) is 0 Å². The number of nitrogens with zero attached hydrogens (tertiary/aromatic N) is 3. The standard InChI is InChI=1S/C21H32N4O2S/c1-6-21(4,5)22-19(26)15-28-20-24-23-18(25(20)13-12-16(2)3)14-27-17-10-8-7-9-11-17/h7-11,16H,6,12-15H2,1-5H3,(H,22,26). The molecule has 1 aromatic carbocycles. The Balaban J connectivity index is 2.03. The molecule has 6 nitrogen and oxygen atoms in total. The third kappa shape index (κ3) is 7.19. The fourth-order valence-corrected chi connectivity index (χ4v) is 3.22. The quantitative estimate of drug-likeness (QED) is 0.566. The zero-order valence-electron chi connectivity index (χ0n) is 17.6. The van der Waals surface area contributed by atoms with Crippen LogP contribution in [0.15, 0.2) is 35.5 Å². The van der Waals surface area contributed by atoms with Crippen LogP contribution in [0.25, 0.3) is 0 Å². The molecule has 154 valence electrons. The van der Waals surface area contributed by atoms with E-state index in [1.165, 1.54) is 11.8 Å². The molecule has 1 amide bonds. The van der Waals surface area contributed by atoms with E-state index in [-0.39, 0.29) is 11.4 Å². The van der Waals surface area contributed by atoms with Gasteiger partial charge in [0.2, 0.25) is 5.91 Å². The van der Waals surface area contributed by atoms with E-state index in [9.17, 15) is 4.79 Å². The maximum Gasteiger partial charge on any atom is 0.230 e. The minimum Gasteiger partial charge on any atom is -0.486 e. The van der Waals surface area contributed by atoms with Crippen molar-refractivity contribution in [1.82, 2.24) is 20.1 Å². The first kappa shape index (κ1) is 22.3. The second-order valence-corrected chi connectivity index (χ2v) is 8.85. The summed E-state index contributed by atoms with van der Waals surface area (Å²) in [5.74, 6) is 2.48. The number of aromatic nitrogens is 3. The van der Waals surface area contributed by atoms with Gasteiger partial charge in [0.15, 0.2) is 11.0 Å². The van der Waals surface area contributed by atoms with Gasteiger partial charge in [-0.25, -0.2) is 0 Å². The molecule has 7 heteroatoms. The molecular formula is C21H32N4O2S. The fourth-order valence-electron chi connectivity index (χ4n) is 2.44. The number of carbonyl (C=O) groups excluding carboxylic acids is 1. The third-order valence-electron chi connectivity index (χ3n) is 4.53. The van der Waals surface area contributed by atoms with Crippen LogP contribution in [0.5, 0.6) is 5.75 Å². The molecule has 0 saturated heterocycles. The summed E-state index contributed by atoms with van der Waals surface area (Å²) in [5, 5.41) is 12.4. The number of amides is 1. The Labute approximate surface area is 172 Å². The first-order valence-electron chi connectivity index (χ1n) is 9.84. The first-order chi connectivity index (χ1) is 13.3. The average molecular weight is 405 g/mol. The Morgan fingerprint density at radius 2 is 1.96 bits per heavy atom. The number of ether oxygens (including phenoxy) is 1. The van der Waals surface area contributed by atoms with Crippen molar-refractivity contribution in [3.8, 4) is 5.75 Å². The van der Waals surface area contributed by atoms with Crippen molar-refractivity contribution < 1.29 is 9.53 Å². The Bertz CT molecular complexity index is 744. The molecule has 0 aliphatic heterocycles. The van der Waals surface area contributed by atoms with E-state index < -0.39 is 0 Å². The van der Waals surface area contributed by atoms with Crippen LogP contribution >= 0.6 is 11.8 Å². The summed E-state index contributed by atoms with van der Waals surface area (Å²) in [7, 11) is 0. The van der Waals surface area contributed by atoms with E-state index >= 15 is 0 Å². The number of hydrogen-bond acceptors (Lipinski definition) is 5. The molecule has 0 radical (unpaired) electrons. The smallest absolute Gasteiger partial charge is 0.230 e. The highest BCUT2D eigenvalue weighted by Crippen LogP contribution is 2.20. The highest BCUT2D eigenvalue weighted by molar-refractivity contribution is 7.99. The summed E-state index contributed by atoms with van der Waals surface area (Å²) in [6.07, 6.45) is 1.90. The molecule has 2 aromatic rings. The van der Waals surface area contributed by atoms with Gasteiger partial charge in [-0.15, -0.1) is 10.2 Å². The van der Waals surface area contributed by atoms with Crippen molar-refractivity contribution in [2.45, 2.75) is 71.3 Å². The summed E-state index contributed by atoms with van der Waals surface area (Å²) < 4.78 is 7.92. The number of hydrogen-bond donors (Lipinski definition) is 1. The molecule has 0 unspecified atom stereocenters. The van der Waals surface area contributed by atoms with Gasteiger partial charge in [-0.1, -0.05) is 50.7 Å². The minimum atomic E-state index is -0.197. The normalized spacial score (nSPS) is 11.6. The molecule has 0 spiro atoms. The average Bonchev–Trinajstić information content (AvgIpc) is 3.05. The van der Waals surface area contributed by atoms with E-state index in [0.717, 1.165) is 36.1 Å². The SMILES string of the molecule is CCC(C)(C)NC(=O)CSc1nnc(COc2ccccc2)n1CCC(C)C. The van der Waals surface area contributed by atoms with Gasteiger partial charge in [0.1, 0.15) is 12.4 Å². The summed E-state index contributed by atoms with van der Waals surface area (Å²) in [6, 6.07) is 9.68. The third-order valence-corrected chi connectivity index (χ3v) is 5.50. The highest BCUT2D eigenvalue weighted by atomic mass is 32.2. The number of thioether (sulfide) groups is 1. The van der Waals surface area contributed by atoms with Gasteiger partial charge in [0, 0.05) is 12.1 Å². The molecule has 1 aromatic heterocycles. The van der Waals surface area contributed by atoms with E-state index in [2.05, 4.69) is 40.9 Å². The van der Waals surface area contributed by atoms with Gasteiger partial charge < -0.3 is 14.6 Å². The van der Waals surface area contributed by atoms with Crippen LogP contribution in [0.1, 0.15) is 53.3 Å². The number of carbonyl (C=O) groups is 1. The van der Waals surface area contributed by atoms with Crippen molar-refractivity contribution in [2.24, 2.45) is 5.92 Å². The van der Waals surface area contributed by atoms with Gasteiger partial charge >= 0.3 is 0 Å². The maximum atomic E-state index is 12.3. The molecule has 28 heavy (non-hydrogen) atoms. The lowest BCUT2D eigenvalue weighted by atomic mass is 10.0. The Hall–Kier alpha value is -2.02. The van der Waals surface area contributed by atoms with Crippen LogP contribution in [-0.2, 0) is 17.9 Å². The predicted molar refractivity (Wildman–Crippen MR) is 113 cm³/mol. The lowest BCUT2D eigenvalue weighted by Gasteiger charge is -2.24. The van der Waals surface area contributed by atoms with Gasteiger partial charge in [0.05, 0.1) is 5.75 Å². The molecule has 0 aliphatic carbocycles. The number of benzene rings is 1. The lowest BCUT2D eigenvalue weighted by molar-refractivity contribution is -0.120. The summed E-state index contributed by atoms with van der Waals surface area (Å²) in [4.78, 5) is 12.3. The largest absolute Gasteiger partial charge is 0.486 e. The van der Waals surface area contributed by atoms with E-state index in [4.69, 9.17) is 4.74 Å². The monoisotopic (exact) mass is 404 g/mol. The second-order valence-electron chi connectivity index (χ2n) is 7.91. The topological polar surface area (TPSA) is 69.0 Å². The van der Waals surface area contributed by atoms with Crippen molar-refractivity contribution in [3.05, 3.63) is 36.2 Å². The zero-order chi connectivity index (χ0) is 20.6. The van der Waals surface area contributed by atoms with E-state index in [1.807, 2.05) is 44.2 Å². The Kier molecular flexibility index (Phi) is 8.35. The molecule has 0 bridgehead atoms. The number of rotatable bonds is 11. The summed E-state index contributed by atoms with van der Waals surface area (Å²) >= 11 is 1.42. The molecule has 0 atom stereocenters. The second kappa shape index (κ2) is 10.5. The summed E-state index contributed by atoms with van der Waals surface area (Å²) in [6.45, 7) is 11.7. The predicted octanol–water partition coefficient (Wildman–Crippen LogP) is 4.30. The van der Waals surface area contributed by atoms with Crippen LogP contribution in [0, 0.1) is 5.92 Å². The van der Waals surface area contributed by atoms with Crippen LogP contribution in [0.4, 0.5) is 0 Å². The Morgan fingerprint density at radius 1 is 1.25 bits per heavy atom. The molecule has 1 heterocycles. The van der Waals surface area contributed by atoms with Crippen LogP contribution in [-0.4, -0.2) is 32.0 Å². The number of nitrogens with one attached hydrogen (secondary N) is 1. The van der Waals surface area contributed by atoms with Gasteiger partial charge in [-0.3, -0.25) is 4.79 Å². The van der Waals surface area contributed by atoms with Crippen molar-refractivity contribution in [1.29, 1.82) is 0 Å². The van der Waals surface area contributed by atoms with Crippen LogP contribution in [0.2, 0.25) is 0 Å². The lowest BCUT2D eigenvalue weighted by Crippen LogP contribution is -2.43. The van der Waals surface area contributed by atoms with E-state index in [1.54, 1.807) is 0 Å². The first-order valence-corrected chi connectivity index (χ1v) is 10.8. The Morgan fingerprint density at radius 3 is 2.61 bits per heavy atom. The fraction of sp³-hybridized carbons (Fsp3) is 0.571. The van der Waals surface area contributed by atoms with Gasteiger partial charge in [-0.05, 0) is 44.7 Å². The van der Waals surface area contributed by atoms with Gasteiger partial charge in [0.25, 0.3) is 0 Å². The molecule has 2 rings (SSSR count). The molecular weight excluding hydrogens is 372 g/mol. The molecule has 0 saturated carbocycles. The molecule has 0 fully saturated rings. The van der Waals surface area contributed by atoms with Crippen molar-refractivity contribution >= 4 is 17.7 Å². The highest BCUT2D eigenvalue weighted by Gasteiger charge is 2.19. The summed E-state index contributed by atoms with van der Waals surface area (Å²) in [5.41, 5.74) is -0.197. The number of para-hydroxylation sites is 1. The van der Waals surface area contributed by atoms with Gasteiger partial charge in [-0.2, -0.15) is 0 Å². The van der Waals surface area contributed by atoms with Crippen LogP contribution < -0.4 is 10.1 Å². The van der Waals surface area contributed by atoms with E-state index in [0.29, 0.717) is 18.3 Å². The maximum absolute atomic E-state index is 12.3.